The van der Waals surface area contributed by atoms with E-state index in [0.717, 1.165) is 12.1 Å². The van der Waals surface area contributed by atoms with Gasteiger partial charge in [-0.15, -0.1) is 0 Å². The zero-order valence-corrected chi connectivity index (χ0v) is 10.2. The van der Waals surface area contributed by atoms with Gasteiger partial charge in [-0.1, -0.05) is 13.3 Å². The van der Waals surface area contributed by atoms with Crippen molar-refractivity contribution in [1.82, 2.24) is 4.90 Å². The summed E-state index contributed by atoms with van der Waals surface area (Å²) in [5, 5.41) is 0. The van der Waals surface area contributed by atoms with Crippen LogP contribution >= 0.6 is 0 Å². The van der Waals surface area contributed by atoms with Gasteiger partial charge in [-0.25, -0.2) is 0 Å². The van der Waals surface area contributed by atoms with Crippen molar-refractivity contribution in [1.29, 1.82) is 0 Å². The van der Waals surface area contributed by atoms with Gasteiger partial charge in [0.05, 0.1) is 0 Å². The molecule has 0 aromatic rings. The smallest absolute Gasteiger partial charge is 0.00698 e. The molecule has 0 radical (unpaired) electrons. The Morgan fingerprint density at radius 3 is 2.14 bits per heavy atom. The lowest BCUT2D eigenvalue weighted by molar-refractivity contribution is 0.0832. The zero-order chi connectivity index (χ0) is 10.7. The molecule has 2 nitrogen and oxygen atoms in total. The quantitative estimate of drug-likeness (QED) is 0.753. The molecule has 84 valence electrons. The molecule has 0 spiro atoms. The highest BCUT2D eigenvalue weighted by atomic mass is 15.2. The molecule has 2 heteroatoms. The van der Waals surface area contributed by atoms with Crippen LogP contribution in [0.2, 0.25) is 0 Å². The van der Waals surface area contributed by atoms with E-state index in [-0.39, 0.29) is 0 Å². The summed E-state index contributed by atoms with van der Waals surface area (Å²) in [5.74, 6) is 0.609. The Hall–Kier alpha value is -0.0800. The number of hydrogen-bond acceptors (Lipinski definition) is 2. The molecular formula is C12H26N2. The van der Waals surface area contributed by atoms with Gasteiger partial charge in [-0.2, -0.15) is 0 Å². The minimum absolute atomic E-state index is 0.316. The van der Waals surface area contributed by atoms with E-state index >= 15 is 0 Å². The summed E-state index contributed by atoms with van der Waals surface area (Å²) < 4.78 is 0. The molecule has 14 heavy (non-hydrogen) atoms. The van der Waals surface area contributed by atoms with E-state index < -0.39 is 0 Å². The Labute approximate surface area is 88.8 Å². The van der Waals surface area contributed by atoms with E-state index in [4.69, 9.17) is 5.73 Å². The maximum Gasteiger partial charge on any atom is 0.00698 e. The number of nitrogens with zero attached hydrogens (tertiary/aromatic N) is 1. The third-order valence-corrected chi connectivity index (χ3v) is 3.77. The lowest BCUT2D eigenvalue weighted by Gasteiger charge is -2.41. The molecule has 1 rings (SSSR count). The predicted octanol–water partition coefficient (Wildman–Crippen LogP) is 2.23. The van der Waals surface area contributed by atoms with Crippen LogP contribution in [0.15, 0.2) is 0 Å². The topological polar surface area (TPSA) is 29.3 Å². The van der Waals surface area contributed by atoms with E-state index in [1.54, 1.807) is 0 Å². The van der Waals surface area contributed by atoms with Gasteiger partial charge in [0.25, 0.3) is 0 Å². The third-order valence-electron chi connectivity index (χ3n) is 3.77. The van der Waals surface area contributed by atoms with Crippen molar-refractivity contribution >= 4 is 0 Å². The summed E-state index contributed by atoms with van der Waals surface area (Å²) in [6, 6.07) is 1.82. The van der Waals surface area contributed by atoms with Crippen molar-refractivity contribution in [2.75, 3.05) is 6.54 Å². The summed E-state index contributed by atoms with van der Waals surface area (Å²) >= 11 is 0. The number of rotatable bonds is 3. The van der Waals surface area contributed by atoms with Crippen LogP contribution in [0.25, 0.3) is 0 Å². The molecule has 4 atom stereocenters. The van der Waals surface area contributed by atoms with Crippen molar-refractivity contribution in [3.05, 3.63) is 0 Å². The second-order valence-electron chi connectivity index (χ2n) is 5.16. The standard InChI is InChI=1S/C12H26N2/c1-9(12(4)13)8-14-10(2)6-5-7-11(14)3/h9-12H,5-8,13H2,1-4H3/t9?,10-,11+,12?. The van der Waals surface area contributed by atoms with Crippen molar-refractivity contribution in [3.63, 3.8) is 0 Å². The van der Waals surface area contributed by atoms with Crippen molar-refractivity contribution in [2.24, 2.45) is 11.7 Å². The Morgan fingerprint density at radius 2 is 1.71 bits per heavy atom. The fourth-order valence-corrected chi connectivity index (χ4v) is 2.33. The molecule has 1 aliphatic heterocycles. The Bertz CT molecular complexity index is 158. The van der Waals surface area contributed by atoms with Gasteiger partial charge in [0.1, 0.15) is 0 Å². The summed E-state index contributed by atoms with van der Waals surface area (Å²) in [7, 11) is 0. The highest BCUT2D eigenvalue weighted by Gasteiger charge is 2.26. The van der Waals surface area contributed by atoms with Crippen LogP contribution in [0.4, 0.5) is 0 Å². The van der Waals surface area contributed by atoms with Crippen LogP contribution in [0.3, 0.4) is 0 Å². The Kier molecular flexibility index (Phi) is 4.39. The van der Waals surface area contributed by atoms with Crippen molar-refractivity contribution in [3.8, 4) is 0 Å². The first-order valence-electron chi connectivity index (χ1n) is 6.03. The Morgan fingerprint density at radius 1 is 1.21 bits per heavy atom. The van der Waals surface area contributed by atoms with E-state index in [1.807, 2.05) is 0 Å². The lowest BCUT2D eigenvalue weighted by Crippen LogP contribution is -2.47. The van der Waals surface area contributed by atoms with Gasteiger partial charge in [0.15, 0.2) is 0 Å². The average Bonchev–Trinajstić information content (AvgIpc) is 2.11. The van der Waals surface area contributed by atoms with Crippen LogP contribution in [-0.2, 0) is 0 Å². The van der Waals surface area contributed by atoms with Crippen LogP contribution in [0, 0.1) is 5.92 Å². The van der Waals surface area contributed by atoms with Crippen LogP contribution in [0.1, 0.15) is 47.0 Å². The maximum absolute atomic E-state index is 5.92. The molecule has 1 aliphatic rings. The molecule has 1 saturated heterocycles. The largest absolute Gasteiger partial charge is 0.328 e. The molecule has 0 bridgehead atoms. The van der Waals surface area contributed by atoms with Crippen LogP contribution < -0.4 is 5.73 Å². The van der Waals surface area contributed by atoms with Crippen LogP contribution in [-0.4, -0.2) is 29.6 Å². The molecule has 0 aliphatic carbocycles. The van der Waals surface area contributed by atoms with Crippen LogP contribution in [0.5, 0.6) is 0 Å². The number of likely N-dealkylation sites (tertiary alicyclic amines) is 1. The van der Waals surface area contributed by atoms with Gasteiger partial charge in [0.2, 0.25) is 0 Å². The monoisotopic (exact) mass is 198 g/mol. The van der Waals surface area contributed by atoms with Gasteiger partial charge >= 0.3 is 0 Å². The van der Waals surface area contributed by atoms with Crippen molar-refractivity contribution < 1.29 is 0 Å². The fourth-order valence-electron chi connectivity index (χ4n) is 2.33. The molecular weight excluding hydrogens is 172 g/mol. The lowest BCUT2D eigenvalue weighted by atomic mass is 9.94. The average molecular weight is 198 g/mol. The Balaban J connectivity index is 2.47. The summed E-state index contributed by atoms with van der Waals surface area (Å²) in [5.41, 5.74) is 5.92. The SMILES string of the molecule is CC(N)C(C)CN1[C@H](C)CCC[C@@H]1C. The maximum atomic E-state index is 5.92. The van der Waals surface area contributed by atoms with Crippen molar-refractivity contribution in [2.45, 2.75) is 65.1 Å². The summed E-state index contributed by atoms with van der Waals surface area (Å²) in [6.45, 7) is 10.2. The van der Waals surface area contributed by atoms with E-state index in [9.17, 15) is 0 Å². The molecule has 0 amide bonds. The molecule has 1 fully saturated rings. The summed E-state index contributed by atoms with van der Waals surface area (Å²) in [6.07, 6.45) is 4.11. The van der Waals surface area contributed by atoms with E-state index in [2.05, 4.69) is 32.6 Å². The van der Waals surface area contributed by atoms with E-state index in [0.29, 0.717) is 12.0 Å². The highest BCUT2D eigenvalue weighted by molar-refractivity contribution is 4.82. The predicted molar refractivity (Wildman–Crippen MR) is 62.3 cm³/mol. The molecule has 0 saturated carbocycles. The first-order valence-corrected chi connectivity index (χ1v) is 6.03. The van der Waals surface area contributed by atoms with Gasteiger partial charge < -0.3 is 5.73 Å². The normalized spacial score (nSPS) is 34.1. The molecule has 2 unspecified atom stereocenters. The highest BCUT2D eigenvalue weighted by Crippen LogP contribution is 2.23. The van der Waals surface area contributed by atoms with Gasteiger partial charge in [-0.3, -0.25) is 4.90 Å². The molecule has 2 N–H and O–H groups in total. The second kappa shape index (κ2) is 5.13. The minimum Gasteiger partial charge on any atom is -0.328 e. The number of hydrogen-bond donors (Lipinski definition) is 1. The number of nitrogens with two attached hydrogens (primary N) is 1. The molecule has 0 aromatic heterocycles. The van der Waals surface area contributed by atoms with Gasteiger partial charge in [0, 0.05) is 24.7 Å². The minimum atomic E-state index is 0.316. The zero-order valence-electron chi connectivity index (χ0n) is 10.2. The number of piperidine rings is 1. The first-order chi connectivity index (χ1) is 6.52. The molecule has 0 aromatic carbocycles. The van der Waals surface area contributed by atoms with Gasteiger partial charge in [-0.05, 0) is 39.5 Å². The summed E-state index contributed by atoms with van der Waals surface area (Å²) in [4.78, 5) is 2.64. The third kappa shape index (κ3) is 2.96. The second-order valence-corrected chi connectivity index (χ2v) is 5.16. The first kappa shape index (κ1) is 12.0. The molecule has 1 heterocycles. The fraction of sp³-hybridized carbons (Fsp3) is 1.00. The van der Waals surface area contributed by atoms with E-state index in [1.165, 1.54) is 25.8 Å².